The minimum absolute atomic E-state index is 0.115. The van der Waals surface area contributed by atoms with Gasteiger partial charge in [0.25, 0.3) is 0 Å². The number of rotatable bonds is 8. The molecule has 2 aromatic carbocycles. The molecular formula is C30H39F3N2O. The molecule has 2 fully saturated rings. The Labute approximate surface area is 243 Å². The topological polar surface area (TPSA) is 24.8 Å². The van der Waals surface area contributed by atoms with E-state index in [1.54, 1.807) is 0 Å². The van der Waals surface area contributed by atoms with E-state index in [0.717, 1.165) is 19.1 Å². The largest absolute Gasteiger partial charge is 0.416 e. The van der Waals surface area contributed by atoms with Crippen LogP contribution in [-0.2, 0) is 30.5 Å². The quantitative estimate of drug-likeness (QED) is 0.260. The third kappa shape index (κ3) is 6.50. The van der Waals surface area contributed by atoms with E-state index in [2.05, 4.69) is 5.16 Å². The van der Waals surface area contributed by atoms with Gasteiger partial charge >= 0.3 is 6.18 Å². The van der Waals surface area contributed by atoms with E-state index in [1.165, 1.54) is 13.0 Å². The van der Waals surface area contributed by atoms with Crippen molar-refractivity contribution in [3.05, 3.63) is 69.8 Å². The molecule has 2 aliphatic rings. The van der Waals surface area contributed by atoms with Gasteiger partial charge in [0.2, 0.25) is 0 Å². The molecule has 1 saturated heterocycles. The maximum absolute atomic E-state index is 14.6. The highest BCUT2D eigenvalue weighted by molar-refractivity contribution is 5.98. The Hall–Kier alpha value is -2.34. The van der Waals surface area contributed by atoms with Crippen LogP contribution in [0.1, 0.15) is 121 Å². The summed E-state index contributed by atoms with van der Waals surface area (Å²) in [5.41, 5.74) is -5.21. The Balaban J connectivity index is 1.78. The molecule has 196 valence electrons. The number of hydrogen-bond acceptors (Lipinski definition) is 3. The van der Waals surface area contributed by atoms with Gasteiger partial charge < -0.3 is 4.84 Å². The summed E-state index contributed by atoms with van der Waals surface area (Å²) in [5.74, 6) is -8.20. The summed E-state index contributed by atoms with van der Waals surface area (Å²) in [4.78, 5) is 5.60. The maximum atomic E-state index is 14.6. The fourth-order valence-corrected chi connectivity index (χ4v) is 3.61. The first-order valence-corrected chi connectivity index (χ1v) is 10.9. The fraction of sp³-hybridized carbons (Fsp3) is 0.567. The molecule has 1 heterocycles. The van der Waals surface area contributed by atoms with Crippen molar-refractivity contribution >= 4 is 5.71 Å². The second-order valence-electron chi connectivity index (χ2n) is 8.20. The standard InChI is InChI=1S/C30H39F3N2O/c1-5-24-15-26(11-12-27(24)18-35-16-21(3)17-35)22(4)34-36-19-23-8-13-28(29(14-23)30(31,32)33)25-9-6-20(2)7-10-25/h8,11-15,20-21,25H,5-7,9-10,16-19H2,1-4H3/b34-22+/i1D3,5D2,6D2,7D2,9D2,10D2,16D2,17D2,19D2,20D,21D. The number of likely N-dealkylation sites (tertiary alicyclic amines) is 1. The highest BCUT2D eigenvalue weighted by Crippen LogP contribution is 2.42. The molecule has 2 aromatic rings. The van der Waals surface area contributed by atoms with Crippen LogP contribution in [0.15, 0.2) is 41.6 Å². The van der Waals surface area contributed by atoms with Crippen LogP contribution in [0.3, 0.4) is 0 Å². The van der Waals surface area contributed by atoms with Crippen LogP contribution in [0, 0.1) is 11.8 Å². The van der Waals surface area contributed by atoms with Crippen LogP contribution in [-0.4, -0.2) is 23.6 Å². The van der Waals surface area contributed by atoms with Gasteiger partial charge in [-0.1, -0.05) is 62.9 Å². The molecule has 0 radical (unpaired) electrons. The van der Waals surface area contributed by atoms with Gasteiger partial charge in [-0.05, 0) is 83.7 Å². The van der Waals surface area contributed by atoms with Crippen LogP contribution in [0.2, 0.25) is 0 Å². The Kier molecular flexibility index (Phi) is 3.41. The highest BCUT2D eigenvalue weighted by atomic mass is 19.4. The zero-order valence-electron chi connectivity index (χ0n) is 40.7. The first kappa shape index (κ1) is 10.8. The molecule has 4 rings (SSSR count). The molecule has 1 aliphatic heterocycles. The first-order valence-electron chi connectivity index (χ1n) is 21.4. The fourth-order valence-electron chi connectivity index (χ4n) is 3.61. The molecule has 0 aromatic heterocycles. The molecule has 3 nitrogen and oxygen atoms in total. The average molecular weight is 522 g/mol. The molecule has 0 N–H and O–H groups in total. The highest BCUT2D eigenvalue weighted by Gasteiger charge is 2.36. The summed E-state index contributed by atoms with van der Waals surface area (Å²) in [7, 11) is 0. The second-order valence-corrected chi connectivity index (χ2v) is 8.20. The van der Waals surface area contributed by atoms with Gasteiger partial charge in [0, 0.05) is 45.6 Å². The molecule has 1 aliphatic carbocycles. The van der Waals surface area contributed by atoms with Gasteiger partial charge in [-0.15, -0.1) is 0 Å². The minimum Gasteiger partial charge on any atom is -0.391 e. The summed E-state index contributed by atoms with van der Waals surface area (Å²) >= 11 is 0. The van der Waals surface area contributed by atoms with Crippen LogP contribution < -0.4 is 0 Å². The minimum atomic E-state index is -5.48. The molecule has 1 saturated carbocycles. The van der Waals surface area contributed by atoms with Crippen molar-refractivity contribution in [1.29, 1.82) is 0 Å². The summed E-state index contributed by atoms with van der Waals surface area (Å²) < 4.78 is 217. The van der Waals surface area contributed by atoms with Crippen molar-refractivity contribution < 1.29 is 46.8 Å². The summed E-state index contributed by atoms with van der Waals surface area (Å²) in [6.45, 7) is -9.62. The lowest BCUT2D eigenvalue weighted by Gasteiger charge is -2.37. The van der Waals surface area contributed by atoms with E-state index < -0.39 is 111 Å². The molecule has 36 heavy (non-hydrogen) atoms. The normalized spacial score (nSPS) is 43.0. The number of aryl methyl sites for hydroxylation is 1. The van der Waals surface area contributed by atoms with Crippen LogP contribution in [0.25, 0.3) is 0 Å². The lowest BCUT2D eigenvalue weighted by atomic mass is 9.78. The van der Waals surface area contributed by atoms with Crippen LogP contribution in [0.4, 0.5) is 13.2 Å². The Bertz CT molecular complexity index is 1890. The molecular weight excluding hydrogens is 461 g/mol. The lowest BCUT2D eigenvalue weighted by molar-refractivity contribution is -0.138. The zero-order chi connectivity index (χ0) is 44.6. The summed E-state index contributed by atoms with van der Waals surface area (Å²) in [6, 6.07) is 4.55. The zero-order valence-corrected chi connectivity index (χ0v) is 19.7. The van der Waals surface area contributed by atoms with E-state index >= 15 is 0 Å². The van der Waals surface area contributed by atoms with Crippen molar-refractivity contribution in [3.8, 4) is 0 Å². The number of benzene rings is 2. The van der Waals surface area contributed by atoms with Gasteiger partial charge in [0.1, 0.15) is 6.56 Å². The average Bonchev–Trinajstić information content (AvgIpc) is 3.03. The van der Waals surface area contributed by atoms with Gasteiger partial charge in [-0.3, -0.25) is 4.90 Å². The van der Waals surface area contributed by atoms with Crippen LogP contribution in [0.5, 0.6) is 0 Å². The number of alkyl halides is 3. The third-order valence-corrected chi connectivity index (χ3v) is 5.42. The summed E-state index contributed by atoms with van der Waals surface area (Å²) in [5, 5.41) is 3.62. The van der Waals surface area contributed by atoms with E-state index in [9.17, 15) is 13.2 Å². The van der Waals surface area contributed by atoms with E-state index in [0.29, 0.717) is 24.0 Å². The van der Waals surface area contributed by atoms with Crippen molar-refractivity contribution in [2.75, 3.05) is 13.0 Å². The van der Waals surface area contributed by atoms with Gasteiger partial charge in [-0.25, -0.2) is 0 Å². The summed E-state index contributed by atoms with van der Waals surface area (Å²) in [6.07, 6.45) is -23.0. The molecule has 0 atom stereocenters. The molecule has 0 unspecified atom stereocenters. The van der Waals surface area contributed by atoms with Crippen molar-refractivity contribution in [2.45, 2.75) is 84.7 Å². The Morgan fingerprint density at radius 3 is 2.56 bits per heavy atom. The molecule has 0 amide bonds. The van der Waals surface area contributed by atoms with Gasteiger partial charge in [-0.2, -0.15) is 13.2 Å². The predicted octanol–water partition coefficient (Wildman–Crippen LogP) is 7.95. The monoisotopic (exact) mass is 521 g/mol. The smallest absolute Gasteiger partial charge is 0.391 e. The van der Waals surface area contributed by atoms with Gasteiger partial charge in [0.05, 0.1) is 14.0 Å². The van der Waals surface area contributed by atoms with Crippen molar-refractivity contribution in [2.24, 2.45) is 16.9 Å². The maximum Gasteiger partial charge on any atom is 0.416 e. The first-order chi connectivity index (χ1) is 25.0. The number of nitrogens with zero attached hydrogens (tertiary/aromatic N) is 2. The van der Waals surface area contributed by atoms with Crippen molar-refractivity contribution in [1.82, 2.24) is 4.90 Å². The van der Waals surface area contributed by atoms with E-state index in [4.69, 9.17) is 33.6 Å². The van der Waals surface area contributed by atoms with E-state index in [-0.39, 0.29) is 22.9 Å². The number of hydrogen-bond donors (Lipinski definition) is 0. The van der Waals surface area contributed by atoms with Gasteiger partial charge in [0.15, 0.2) is 0 Å². The predicted molar refractivity (Wildman–Crippen MR) is 139 cm³/mol. The molecule has 6 heteroatoms. The van der Waals surface area contributed by atoms with Crippen molar-refractivity contribution in [3.63, 3.8) is 0 Å². The molecule has 0 spiro atoms. The lowest BCUT2D eigenvalue weighted by Crippen LogP contribution is -2.44. The third-order valence-electron chi connectivity index (χ3n) is 5.42. The number of oxime groups is 1. The van der Waals surface area contributed by atoms with Crippen LogP contribution >= 0.6 is 0 Å². The number of halogens is 3. The Morgan fingerprint density at radius 1 is 1.11 bits per heavy atom. The second kappa shape index (κ2) is 11.4. The SMILES string of the molecule is [2H]C([2H])(O/N=C(\C)c1ccc(CN2C([2H])([2H])C([2H])(C)C2([2H])[2H])c(C([2H])([2H])C([2H])([2H])[2H])c1)c1ccc(C2C([2H])([2H])C([2H])([2H])C([2H])(C)C([2H])([2H])C2([2H])[2H])c(C(F)(F)F)c1. The van der Waals surface area contributed by atoms with E-state index in [1.807, 2.05) is 0 Å². The Morgan fingerprint density at radius 2 is 1.86 bits per heavy atom. The molecule has 0 bridgehead atoms.